The molecule has 0 radical (unpaired) electrons. The van der Waals surface area contributed by atoms with E-state index < -0.39 is 0 Å². The molecule has 1 fully saturated rings. The average molecular weight is 348 g/mol. The quantitative estimate of drug-likeness (QED) is 0.741. The Morgan fingerprint density at radius 3 is 3.12 bits per heavy atom. The molecular weight excluding hydrogens is 324 g/mol. The van der Waals surface area contributed by atoms with Gasteiger partial charge in [0, 0.05) is 37.4 Å². The number of carbonyl (C=O) groups is 1. The third-order valence-electron chi connectivity index (χ3n) is 5.11. The molecule has 1 amide bonds. The lowest BCUT2D eigenvalue weighted by atomic mass is 10.0. The lowest BCUT2D eigenvalue weighted by Crippen LogP contribution is -2.23. The largest absolute Gasteiger partial charge is 0.361 e. The lowest BCUT2D eigenvalue weighted by molar-refractivity contribution is -0.119. The number of fused-ring (bicyclic) bond motifs is 1. The normalized spacial score (nSPS) is 17.7. The zero-order chi connectivity index (χ0) is 17.9. The second-order valence-corrected chi connectivity index (χ2v) is 7.02. The highest BCUT2D eigenvalue weighted by Crippen LogP contribution is 2.33. The van der Waals surface area contributed by atoms with Crippen LogP contribution in [0.3, 0.4) is 0 Å². The van der Waals surface area contributed by atoms with Crippen LogP contribution in [0.25, 0.3) is 10.9 Å². The summed E-state index contributed by atoms with van der Waals surface area (Å²) >= 11 is 0. The number of aromatic amines is 1. The molecule has 5 nitrogen and oxygen atoms in total. The molecular formula is C21H24N4O. The number of amides is 1. The minimum absolute atomic E-state index is 0.0279. The van der Waals surface area contributed by atoms with Crippen molar-refractivity contribution in [1.82, 2.24) is 20.2 Å². The van der Waals surface area contributed by atoms with Gasteiger partial charge in [0.05, 0.1) is 12.2 Å². The van der Waals surface area contributed by atoms with Crippen molar-refractivity contribution in [3.63, 3.8) is 0 Å². The van der Waals surface area contributed by atoms with Crippen LogP contribution in [0.2, 0.25) is 0 Å². The maximum absolute atomic E-state index is 11.1. The highest BCUT2D eigenvalue weighted by molar-refractivity contribution is 5.79. The van der Waals surface area contributed by atoms with Crippen molar-refractivity contribution < 1.29 is 4.79 Å². The first-order chi connectivity index (χ1) is 12.7. The summed E-state index contributed by atoms with van der Waals surface area (Å²) in [6.45, 7) is 4.08. The van der Waals surface area contributed by atoms with Gasteiger partial charge in [0.1, 0.15) is 0 Å². The molecule has 1 unspecified atom stereocenters. The topological polar surface area (TPSA) is 61.0 Å². The molecule has 0 aliphatic carbocycles. The number of nitrogens with zero attached hydrogens (tertiary/aromatic N) is 2. The fourth-order valence-electron chi connectivity index (χ4n) is 3.84. The molecule has 0 bridgehead atoms. The third-order valence-corrected chi connectivity index (χ3v) is 5.11. The van der Waals surface area contributed by atoms with Crippen molar-refractivity contribution >= 4 is 16.8 Å². The molecule has 2 aromatic heterocycles. The molecule has 3 heterocycles. The number of H-pyrrole nitrogens is 1. The molecule has 26 heavy (non-hydrogen) atoms. The summed E-state index contributed by atoms with van der Waals surface area (Å²) in [5.74, 6) is -0.0279. The Hall–Kier alpha value is -2.66. The zero-order valence-electron chi connectivity index (χ0n) is 15.0. The van der Waals surface area contributed by atoms with Gasteiger partial charge in [-0.1, -0.05) is 6.07 Å². The van der Waals surface area contributed by atoms with Crippen LogP contribution in [0.4, 0.5) is 0 Å². The van der Waals surface area contributed by atoms with Crippen LogP contribution >= 0.6 is 0 Å². The zero-order valence-corrected chi connectivity index (χ0v) is 15.0. The molecule has 1 atom stereocenters. The predicted molar refractivity (Wildman–Crippen MR) is 102 cm³/mol. The Morgan fingerprint density at radius 1 is 1.31 bits per heavy atom. The number of benzene rings is 1. The Kier molecular flexibility index (Phi) is 4.71. The van der Waals surface area contributed by atoms with E-state index in [9.17, 15) is 4.79 Å². The van der Waals surface area contributed by atoms with E-state index in [0.717, 1.165) is 25.2 Å². The minimum atomic E-state index is -0.0279. The van der Waals surface area contributed by atoms with E-state index in [1.165, 1.54) is 35.4 Å². The standard InChI is InChI=1S/C21H24N4O/c1-15(26)24-13-19-12-18(7-8-22-19)21-3-2-10-25(21)14-16-4-5-20-17(11-16)6-9-23-20/h4-9,11-12,21,23H,2-3,10,13-14H2,1H3,(H,24,26). The van der Waals surface area contributed by atoms with E-state index in [0.29, 0.717) is 12.6 Å². The molecule has 0 spiro atoms. The fourth-order valence-corrected chi connectivity index (χ4v) is 3.84. The van der Waals surface area contributed by atoms with E-state index in [-0.39, 0.29) is 5.91 Å². The van der Waals surface area contributed by atoms with E-state index in [1.54, 1.807) is 0 Å². The van der Waals surface area contributed by atoms with E-state index in [4.69, 9.17) is 0 Å². The predicted octanol–water partition coefficient (Wildman–Crippen LogP) is 3.54. The van der Waals surface area contributed by atoms with Crippen LogP contribution < -0.4 is 5.32 Å². The van der Waals surface area contributed by atoms with Crippen molar-refractivity contribution in [2.75, 3.05) is 6.54 Å². The third kappa shape index (κ3) is 3.63. The summed E-state index contributed by atoms with van der Waals surface area (Å²) in [7, 11) is 0. The first-order valence-corrected chi connectivity index (χ1v) is 9.18. The van der Waals surface area contributed by atoms with Gasteiger partial charge in [-0.25, -0.2) is 0 Å². The van der Waals surface area contributed by atoms with Gasteiger partial charge in [-0.15, -0.1) is 0 Å². The summed E-state index contributed by atoms with van der Waals surface area (Å²) in [6.07, 6.45) is 6.21. The maximum Gasteiger partial charge on any atom is 0.217 e. The van der Waals surface area contributed by atoms with Crippen molar-refractivity contribution in [3.8, 4) is 0 Å². The second-order valence-electron chi connectivity index (χ2n) is 7.02. The van der Waals surface area contributed by atoms with Gasteiger partial charge >= 0.3 is 0 Å². The summed E-state index contributed by atoms with van der Waals surface area (Å²) in [4.78, 5) is 21.3. The molecule has 1 aliphatic heterocycles. The first kappa shape index (κ1) is 16.8. The molecule has 1 saturated heterocycles. The number of hydrogen-bond donors (Lipinski definition) is 2. The van der Waals surface area contributed by atoms with Crippen LogP contribution in [-0.4, -0.2) is 27.3 Å². The molecule has 5 heteroatoms. The number of rotatable bonds is 5. The molecule has 1 aliphatic rings. The van der Waals surface area contributed by atoms with Crippen LogP contribution in [0.5, 0.6) is 0 Å². The van der Waals surface area contributed by atoms with Gasteiger partial charge < -0.3 is 10.3 Å². The van der Waals surface area contributed by atoms with Gasteiger partial charge in [0.25, 0.3) is 0 Å². The van der Waals surface area contributed by atoms with Gasteiger partial charge in [0.15, 0.2) is 0 Å². The highest BCUT2D eigenvalue weighted by atomic mass is 16.1. The molecule has 134 valence electrons. The van der Waals surface area contributed by atoms with Crippen LogP contribution in [-0.2, 0) is 17.9 Å². The maximum atomic E-state index is 11.1. The Bertz CT molecular complexity index is 917. The minimum Gasteiger partial charge on any atom is -0.361 e. The summed E-state index contributed by atoms with van der Waals surface area (Å²) < 4.78 is 0. The molecule has 2 N–H and O–H groups in total. The average Bonchev–Trinajstić information content (AvgIpc) is 3.29. The second kappa shape index (κ2) is 7.30. The SMILES string of the molecule is CC(=O)NCc1cc(C2CCCN2Cc2ccc3[nH]ccc3c2)ccn1. The Balaban J connectivity index is 1.50. The van der Waals surface area contributed by atoms with E-state index in [2.05, 4.69) is 56.6 Å². The number of carbonyl (C=O) groups excluding carboxylic acids is 1. The van der Waals surface area contributed by atoms with Crippen molar-refractivity contribution in [2.45, 2.75) is 38.9 Å². The van der Waals surface area contributed by atoms with Crippen molar-refractivity contribution in [2.24, 2.45) is 0 Å². The molecule has 0 saturated carbocycles. The summed E-state index contributed by atoms with van der Waals surface area (Å²) in [6, 6.07) is 13.4. The van der Waals surface area contributed by atoms with E-state index >= 15 is 0 Å². The van der Waals surface area contributed by atoms with Crippen molar-refractivity contribution in [3.05, 3.63) is 65.6 Å². The monoisotopic (exact) mass is 348 g/mol. The van der Waals surface area contributed by atoms with Gasteiger partial charge in [-0.05, 0) is 66.2 Å². The molecule has 3 aromatic rings. The van der Waals surface area contributed by atoms with Crippen LogP contribution in [0, 0.1) is 0 Å². The Morgan fingerprint density at radius 2 is 2.23 bits per heavy atom. The summed E-state index contributed by atoms with van der Waals surface area (Å²) in [5, 5.41) is 4.09. The van der Waals surface area contributed by atoms with E-state index in [1.807, 2.05) is 12.4 Å². The number of nitrogens with one attached hydrogen (secondary N) is 2. The number of hydrogen-bond acceptors (Lipinski definition) is 3. The van der Waals surface area contributed by atoms with Gasteiger partial charge in [-0.2, -0.15) is 0 Å². The van der Waals surface area contributed by atoms with Gasteiger partial charge in [0.2, 0.25) is 5.91 Å². The van der Waals surface area contributed by atoms with Crippen molar-refractivity contribution in [1.29, 1.82) is 0 Å². The number of likely N-dealkylation sites (tertiary alicyclic amines) is 1. The number of aromatic nitrogens is 2. The van der Waals surface area contributed by atoms with Crippen LogP contribution in [0.1, 0.15) is 42.6 Å². The highest BCUT2D eigenvalue weighted by Gasteiger charge is 2.26. The lowest BCUT2D eigenvalue weighted by Gasteiger charge is -2.25. The fraction of sp³-hybridized carbons (Fsp3) is 0.333. The molecule has 4 rings (SSSR count). The van der Waals surface area contributed by atoms with Gasteiger partial charge in [-0.3, -0.25) is 14.7 Å². The number of pyridine rings is 1. The smallest absolute Gasteiger partial charge is 0.217 e. The van der Waals surface area contributed by atoms with Crippen LogP contribution in [0.15, 0.2) is 48.8 Å². The Labute approximate surface area is 153 Å². The first-order valence-electron chi connectivity index (χ1n) is 9.18. The molecule has 1 aromatic carbocycles. The summed E-state index contributed by atoms with van der Waals surface area (Å²) in [5.41, 5.74) is 4.74.